The number of hydrogen-bond donors (Lipinski definition) is 1. The van der Waals surface area contributed by atoms with Gasteiger partial charge in [0.15, 0.2) is 0 Å². The topological polar surface area (TPSA) is 43.8 Å². The maximum atomic E-state index is 6.37. The third-order valence-electron chi connectivity index (χ3n) is 4.25. The molecule has 0 aromatic carbocycles. The van der Waals surface area contributed by atoms with Crippen LogP contribution in [0.1, 0.15) is 58.1 Å². The molecule has 1 heterocycles. The summed E-state index contributed by atoms with van der Waals surface area (Å²) in [5.74, 6) is 0.637. The lowest BCUT2D eigenvalue weighted by molar-refractivity contribution is 0.173. The normalized spacial score (nSPS) is 22.6. The largest absolute Gasteiger partial charge is 0.324 e. The molecule has 0 radical (unpaired) electrons. The summed E-state index contributed by atoms with van der Waals surface area (Å²) in [5.41, 5.74) is 8.10. The smallest absolute Gasteiger partial charge is 0.0537 e. The van der Waals surface area contributed by atoms with Gasteiger partial charge in [0.05, 0.1) is 6.20 Å². The zero-order valence-corrected chi connectivity index (χ0v) is 11.3. The average Bonchev–Trinajstić information content (AvgIpc) is 2.76. The fourth-order valence-corrected chi connectivity index (χ4v) is 2.78. The Bertz CT molecular complexity index is 357. The number of nitrogens with zero attached hydrogens (tertiary/aromatic N) is 2. The number of aryl methyl sites for hydroxylation is 1. The van der Waals surface area contributed by atoms with Gasteiger partial charge in [0.2, 0.25) is 0 Å². The highest BCUT2D eigenvalue weighted by molar-refractivity contribution is 5.11. The summed E-state index contributed by atoms with van der Waals surface area (Å²) in [5, 5.41) is 4.32. The first-order valence-corrected chi connectivity index (χ1v) is 6.80. The van der Waals surface area contributed by atoms with E-state index in [1.165, 1.54) is 31.2 Å². The standard InChI is InChI=1S/C14H25N3/c1-4-17-10-12(9-16-17)13(15)11-5-7-14(2,3)8-6-11/h9-11,13H,4-8,15H2,1-3H3. The van der Waals surface area contributed by atoms with E-state index in [2.05, 4.69) is 32.1 Å². The lowest BCUT2D eigenvalue weighted by Crippen LogP contribution is -2.28. The Hall–Kier alpha value is -0.830. The van der Waals surface area contributed by atoms with Crippen LogP contribution in [0.2, 0.25) is 0 Å². The zero-order valence-electron chi connectivity index (χ0n) is 11.3. The van der Waals surface area contributed by atoms with E-state index in [9.17, 15) is 0 Å². The van der Waals surface area contributed by atoms with Crippen LogP contribution in [0, 0.1) is 11.3 Å². The maximum Gasteiger partial charge on any atom is 0.0537 e. The Morgan fingerprint density at radius 2 is 2.12 bits per heavy atom. The van der Waals surface area contributed by atoms with Crippen LogP contribution in [0.3, 0.4) is 0 Å². The molecule has 1 aliphatic carbocycles. The molecule has 3 nitrogen and oxygen atoms in total. The highest BCUT2D eigenvalue weighted by atomic mass is 15.3. The van der Waals surface area contributed by atoms with Crippen molar-refractivity contribution in [3.8, 4) is 0 Å². The Morgan fingerprint density at radius 1 is 1.47 bits per heavy atom. The van der Waals surface area contributed by atoms with Crippen molar-refractivity contribution in [2.75, 3.05) is 0 Å². The minimum absolute atomic E-state index is 0.173. The second-order valence-electron chi connectivity index (χ2n) is 6.16. The average molecular weight is 235 g/mol. The molecule has 1 aromatic rings. The van der Waals surface area contributed by atoms with Gasteiger partial charge in [-0.1, -0.05) is 13.8 Å². The molecule has 96 valence electrons. The predicted molar refractivity (Wildman–Crippen MR) is 70.6 cm³/mol. The Labute approximate surface area is 104 Å². The molecule has 0 amide bonds. The summed E-state index contributed by atoms with van der Waals surface area (Å²) in [6, 6.07) is 0.173. The zero-order chi connectivity index (χ0) is 12.5. The van der Waals surface area contributed by atoms with Gasteiger partial charge in [-0.15, -0.1) is 0 Å². The van der Waals surface area contributed by atoms with E-state index in [0.29, 0.717) is 11.3 Å². The van der Waals surface area contributed by atoms with Crippen molar-refractivity contribution in [3.05, 3.63) is 18.0 Å². The quantitative estimate of drug-likeness (QED) is 0.874. The molecule has 17 heavy (non-hydrogen) atoms. The molecule has 0 saturated heterocycles. The summed E-state index contributed by atoms with van der Waals surface area (Å²) >= 11 is 0. The van der Waals surface area contributed by atoms with E-state index in [-0.39, 0.29) is 6.04 Å². The number of nitrogens with two attached hydrogens (primary N) is 1. The molecule has 1 unspecified atom stereocenters. The fraction of sp³-hybridized carbons (Fsp3) is 0.786. The molecular formula is C14H25N3. The SMILES string of the molecule is CCn1cc(C(N)C2CCC(C)(C)CC2)cn1. The Morgan fingerprint density at radius 3 is 2.65 bits per heavy atom. The van der Waals surface area contributed by atoms with Gasteiger partial charge in [0.1, 0.15) is 0 Å². The third kappa shape index (κ3) is 2.89. The van der Waals surface area contributed by atoms with E-state index in [1.54, 1.807) is 0 Å². The Balaban J connectivity index is 1.98. The minimum atomic E-state index is 0.173. The second kappa shape index (κ2) is 4.81. The van der Waals surface area contributed by atoms with Crippen molar-refractivity contribution >= 4 is 0 Å². The highest BCUT2D eigenvalue weighted by Gasteiger charge is 2.30. The predicted octanol–water partition coefficient (Wildman–Crippen LogP) is 3.12. The van der Waals surface area contributed by atoms with Crippen LogP contribution in [0.25, 0.3) is 0 Å². The van der Waals surface area contributed by atoms with Crippen molar-refractivity contribution in [1.82, 2.24) is 9.78 Å². The molecule has 0 spiro atoms. The molecule has 1 fully saturated rings. The van der Waals surface area contributed by atoms with Crippen LogP contribution in [-0.4, -0.2) is 9.78 Å². The van der Waals surface area contributed by atoms with Gasteiger partial charge in [-0.05, 0) is 43.9 Å². The highest BCUT2D eigenvalue weighted by Crippen LogP contribution is 2.41. The molecule has 3 heteroatoms. The molecular weight excluding hydrogens is 210 g/mol. The number of rotatable bonds is 3. The van der Waals surface area contributed by atoms with Crippen molar-refractivity contribution in [2.24, 2.45) is 17.1 Å². The van der Waals surface area contributed by atoms with Crippen molar-refractivity contribution < 1.29 is 0 Å². The molecule has 1 atom stereocenters. The summed E-state index contributed by atoms with van der Waals surface area (Å²) in [4.78, 5) is 0. The van der Waals surface area contributed by atoms with Crippen molar-refractivity contribution in [1.29, 1.82) is 0 Å². The minimum Gasteiger partial charge on any atom is -0.324 e. The van der Waals surface area contributed by atoms with Gasteiger partial charge >= 0.3 is 0 Å². The van der Waals surface area contributed by atoms with Gasteiger partial charge in [-0.25, -0.2) is 0 Å². The molecule has 2 rings (SSSR count). The first kappa shape index (κ1) is 12.6. The Kier molecular flexibility index (Phi) is 3.57. The van der Waals surface area contributed by atoms with E-state index < -0.39 is 0 Å². The maximum absolute atomic E-state index is 6.37. The van der Waals surface area contributed by atoms with Gasteiger partial charge in [-0.2, -0.15) is 5.10 Å². The van der Waals surface area contributed by atoms with Crippen LogP contribution in [0.5, 0.6) is 0 Å². The molecule has 0 aliphatic heterocycles. The van der Waals surface area contributed by atoms with Crippen LogP contribution < -0.4 is 5.73 Å². The fourth-order valence-electron chi connectivity index (χ4n) is 2.78. The first-order chi connectivity index (χ1) is 8.02. The van der Waals surface area contributed by atoms with Gasteiger partial charge in [0, 0.05) is 24.3 Å². The van der Waals surface area contributed by atoms with E-state index in [4.69, 9.17) is 5.73 Å². The monoisotopic (exact) mass is 235 g/mol. The van der Waals surface area contributed by atoms with Gasteiger partial charge in [-0.3, -0.25) is 4.68 Å². The van der Waals surface area contributed by atoms with Gasteiger partial charge in [0.25, 0.3) is 0 Å². The first-order valence-electron chi connectivity index (χ1n) is 6.80. The van der Waals surface area contributed by atoms with Crippen LogP contribution in [0.15, 0.2) is 12.4 Å². The van der Waals surface area contributed by atoms with E-state index in [1.807, 2.05) is 10.9 Å². The molecule has 0 bridgehead atoms. The molecule has 2 N–H and O–H groups in total. The third-order valence-corrected chi connectivity index (χ3v) is 4.25. The number of hydrogen-bond acceptors (Lipinski definition) is 2. The van der Waals surface area contributed by atoms with Gasteiger partial charge < -0.3 is 5.73 Å². The van der Waals surface area contributed by atoms with Crippen molar-refractivity contribution in [2.45, 2.75) is 59.0 Å². The lowest BCUT2D eigenvalue weighted by atomic mass is 9.70. The summed E-state index contributed by atoms with van der Waals surface area (Å²) in [7, 11) is 0. The number of aromatic nitrogens is 2. The molecule has 1 aliphatic rings. The van der Waals surface area contributed by atoms with Crippen LogP contribution in [0.4, 0.5) is 0 Å². The van der Waals surface area contributed by atoms with Crippen molar-refractivity contribution in [3.63, 3.8) is 0 Å². The lowest BCUT2D eigenvalue weighted by Gasteiger charge is -2.36. The van der Waals surface area contributed by atoms with E-state index >= 15 is 0 Å². The summed E-state index contributed by atoms with van der Waals surface area (Å²) in [6.07, 6.45) is 9.15. The van der Waals surface area contributed by atoms with E-state index in [0.717, 1.165) is 6.54 Å². The van der Waals surface area contributed by atoms with Crippen LogP contribution in [-0.2, 0) is 6.54 Å². The molecule has 1 aromatic heterocycles. The van der Waals surface area contributed by atoms with Crippen LogP contribution >= 0.6 is 0 Å². The molecule has 1 saturated carbocycles. The summed E-state index contributed by atoms with van der Waals surface area (Å²) in [6.45, 7) is 7.75. The second-order valence-corrected chi connectivity index (χ2v) is 6.16. The summed E-state index contributed by atoms with van der Waals surface area (Å²) < 4.78 is 1.96.